The lowest BCUT2D eigenvalue weighted by Crippen LogP contribution is -2.49. The number of amides is 2. The summed E-state index contributed by atoms with van der Waals surface area (Å²) in [5, 5.41) is 11.2. The molecule has 0 spiro atoms. The molecule has 0 radical (unpaired) electrons. The minimum Gasteiger partial charge on any atom is -0.274 e. The Morgan fingerprint density at radius 3 is 2.03 bits per heavy atom. The quantitative estimate of drug-likeness (QED) is 0.284. The second-order valence-electron chi connectivity index (χ2n) is 8.80. The number of carbonyl (C=O) groups excluding carboxylic acids is 2. The van der Waals surface area contributed by atoms with Crippen molar-refractivity contribution in [2.75, 3.05) is 4.90 Å². The van der Waals surface area contributed by atoms with Crippen molar-refractivity contribution in [2.24, 2.45) is 11.3 Å². The molecule has 7 heteroatoms. The van der Waals surface area contributed by atoms with Crippen LogP contribution in [0.25, 0.3) is 0 Å². The second kappa shape index (κ2) is 6.36. The summed E-state index contributed by atoms with van der Waals surface area (Å²) in [5.41, 5.74) is 3.69. The zero-order valence-electron chi connectivity index (χ0n) is 17.0. The molecule has 2 amide bonds. The summed E-state index contributed by atoms with van der Waals surface area (Å²) in [6.07, 6.45) is 0. The predicted octanol–water partition coefficient (Wildman–Crippen LogP) is 5.14. The standard InChI is InChI=1S/C25H17BrN2O4/c1-25-21-16-8-4-2-6-14(16)20(15-7-3-5-9-17(15)21)22(25)23(29)27(24(25)30)19-11-10-13(28(31)32)12-18(19)26/h2-12,20-22H,1H3. The predicted molar refractivity (Wildman–Crippen MR) is 121 cm³/mol. The number of nitrogens with zero attached hydrogens (tertiary/aromatic N) is 2. The third-order valence-corrected chi connectivity index (χ3v) is 8.03. The van der Waals surface area contributed by atoms with Gasteiger partial charge in [-0.2, -0.15) is 0 Å². The Kier molecular flexibility index (Phi) is 3.85. The minimum absolute atomic E-state index is 0.108. The zero-order valence-corrected chi connectivity index (χ0v) is 18.6. The second-order valence-corrected chi connectivity index (χ2v) is 9.65. The van der Waals surface area contributed by atoms with Gasteiger partial charge in [0.1, 0.15) is 0 Å². The molecule has 1 heterocycles. The highest BCUT2D eigenvalue weighted by atomic mass is 79.9. The molecule has 0 aromatic heterocycles. The van der Waals surface area contributed by atoms with Gasteiger partial charge >= 0.3 is 0 Å². The molecule has 1 saturated heterocycles. The zero-order chi connectivity index (χ0) is 22.4. The fraction of sp³-hybridized carbons (Fsp3) is 0.200. The van der Waals surface area contributed by atoms with Crippen LogP contribution in [0.2, 0.25) is 0 Å². The van der Waals surface area contributed by atoms with E-state index in [0.717, 1.165) is 22.3 Å². The Morgan fingerprint density at radius 1 is 0.938 bits per heavy atom. The molecule has 1 aliphatic heterocycles. The van der Waals surface area contributed by atoms with Crippen molar-refractivity contribution < 1.29 is 14.5 Å². The first kappa shape index (κ1) is 19.4. The Labute approximate surface area is 192 Å². The van der Waals surface area contributed by atoms with Crippen molar-refractivity contribution in [3.05, 3.63) is 104 Å². The number of hydrogen-bond donors (Lipinski definition) is 0. The van der Waals surface area contributed by atoms with Crippen molar-refractivity contribution in [3.63, 3.8) is 0 Å². The van der Waals surface area contributed by atoms with Gasteiger partial charge in [0.25, 0.3) is 5.69 Å². The van der Waals surface area contributed by atoms with Gasteiger partial charge in [0.15, 0.2) is 0 Å². The van der Waals surface area contributed by atoms with Gasteiger partial charge in [-0.05, 0) is 51.2 Å². The molecule has 0 saturated carbocycles. The van der Waals surface area contributed by atoms with Crippen molar-refractivity contribution in [1.82, 2.24) is 0 Å². The van der Waals surface area contributed by atoms with E-state index >= 15 is 0 Å². The minimum atomic E-state index is -0.939. The van der Waals surface area contributed by atoms with E-state index < -0.39 is 16.3 Å². The van der Waals surface area contributed by atoms with E-state index in [0.29, 0.717) is 10.2 Å². The fourth-order valence-corrected chi connectivity index (χ4v) is 6.68. The molecule has 3 aliphatic carbocycles. The van der Waals surface area contributed by atoms with Gasteiger partial charge in [0.2, 0.25) is 11.8 Å². The average molecular weight is 489 g/mol. The number of nitro groups is 1. The number of carbonyl (C=O) groups is 2. The van der Waals surface area contributed by atoms with Gasteiger partial charge in [-0.25, -0.2) is 4.90 Å². The highest BCUT2D eigenvalue weighted by molar-refractivity contribution is 9.10. The molecule has 32 heavy (non-hydrogen) atoms. The number of hydrogen-bond acceptors (Lipinski definition) is 4. The highest BCUT2D eigenvalue weighted by Crippen LogP contribution is 2.67. The average Bonchev–Trinajstić information content (AvgIpc) is 2.99. The number of nitro benzene ring substituents is 1. The number of anilines is 1. The van der Waals surface area contributed by atoms with E-state index in [4.69, 9.17) is 0 Å². The molecular weight excluding hydrogens is 472 g/mol. The summed E-state index contributed by atoms with van der Waals surface area (Å²) in [5.74, 6) is -1.50. The lowest BCUT2D eigenvalue weighted by atomic mass is 9.48. The van der Waals surface area contributed by atoms with Gasteiger partial charge in [0, 0.05) is 28.4 Å². The van der Waals surface area contributed by atoms with E-state index in [9.17, 15) is 19.7 Å². The van der Waals surface area contributed by atoms with Crippen LogP contribution in [0.5, 0.6) is 0 Å². The molecule has 158 valence electrons. The number of imide groups is 1. The maximum absolute atomic E-state index is 14.0. The summed E-state index contributed by atoms with van der Waals surface area (Å²) in [4.78, 5) is 39.8. The third-order valence-electron chi connectivity index (χ3n) is 7.40. The molecule has 4 aliphatic rings. The normalized spacial score (nSPS) is 27.2. The third kappa shape index (κ3) is 2.19. The lowest BCUT2D eigenvalue weighted by Gasteiger charge is -2.51. The Hall–Kier alpha value is -3.32. The molecular formula is C25H17BrN2O4. The first-order chi connectivity index (χ1) is 15.4. The number of halogens is 1. The SMILES string of the molecule is CC12C(=O)N(c3ccc([N+](=O)[O-])cc3Br)C(=O)C1C1c3ccccc3C2c2ccccc21. The summed E-state index contributed by atoms with van der Waals surface area (Å²) in [6.45, 7) is 1.90. The number of non-ortho nitro benzene ring substituents is 1. The van der Waals surface area contributed by atoms with Crippen LogP contribution in [0.4, 0.5) is 11.4 Å². The largest absolute Gasteiger partial charge is 0.274 e. The summed E-state index contributed by atoms with van der Waals surface area (Å²) < 4.78 is 0.345. The van der Waals surface area contributed by atoms with Crippen molar-refractivity contribution in [1.29, 1.82) is 0 Å². The fourth-order valence-electron chi connectivity index (χ4n) is 6.13. The van der Waals surface area contributed by atoms with Crippen molar-refractivity contribution >= 4 is 39.1 Å². The Balaban J connectivity index is 1.57. The molecule has 3 aromatic rings. The summed E-state index contributed by atoms with van der Waals surface area (Å²) in [7, 11) is 0. The van der Waals surface area contributed by atoms with Gasteiger partial charge in [-0.3, -0.25) is 19.7 Å². The number of benzene rings is 3. The van der Waals surface area contributed by atoms with Gasteiger partial charge < -0.3 is 0 Å². The molecule has 1 fully saturated rings. The number of rotatable bonds is 2. The van der Waals surface area contributed by atoms with Crippen LogP contribution >= 0.6 is 15.9 Å². The van der Waals surface area contributed by atoms with Crippen LogP contribution in [0, 0.1) is 21.4 Å². The van der Waals surface area contributed by atoms with E-state index in [-0.39, 0.29) is 29.3 Å². The van der Waals surface area contributed by atoms with Crippen LogP contribution in [0.3, 0.4) is 0 Å². The molecule has 3 aromatic carbocycles. The van der Waals surface area contributed by atoms with Gasteiger partial charge in [-0.15, -0.1) is 0 Å². The van der Waals surface area contributed by atoms with E-state index in [1.165, 1.54) is 23.1 Å². The first-order valence-electron chi connectivity index (χ1n) is 10.4. The molecule has 0 N–H and O–H groups in total. The Bertz CT molecular complexity index is 1320. The monoisotopic (exact) mass is 488 g/mol. The van der Waals surface area contributed by atoms with Gasteiger partial charge in [0.05, 0.1) is 21.9 Å². The summed E-state index contributed by atoms with van der Waals surface area (Å²) >= 11 is 3.35. The van der Waals surface area contributed by atoms with E-state index in [1.54, 1.807) is 0 Å². The molecule has 2 atom stereocenters. The van der Waals surface area contributed by atoms with Crippen LogP contribution in [-0.4, -0.2) is 16.7 Å². The topological polar surface area (TPSA) is 80.5 Å². The molecule has 2 bridgehead atoms. The van der Waals surface area contributed by atoms with Crippen LogP contribution in [-0.2, 0) is 9.59 Å². The van der Waals surface area contributed by atoms with Crippen LogP contribution < -0.4 is 4.90 Å². The van der Waals surface area contributed by atoms with Crippen molar-refractivity contribution in [2.45, 2.75) is 18.8 Å². The first-order valence-corrected chi connectivity index (χ1v) is 11.1. The lowest BCUT2D eigenvalue weighted by molar-refractivity contribution is -0.384. The maximum Gasteiger partial charge on any atom is 0.270 e. The molecule has 7 rings (SSSR count). The van der Waals surface area contributed by atoms with Gasteiger partial charge in [-0.1, -0.05) is 48.5 Å². The Morgan fingerprint density at radius 2 is 1.50 bits per heavy atom. The van der Waals surface area contributed by atoms with E-state index in [2.05, 4.69) is 40.2 Å². The van der Waals surface area contributed by atoms with Crippen LogP contribution in [0.15, 0.2) is 71.2 Å². The molecule has 2 unspecified atom stereocenters. The van der Waals surface area contributed by atoms with E-state index in [1.807, 2.05) is 31.2 Å². The smallest absolute Gasteiger partial charge is 0.270 e. The van der Waals surface area contributed by atoms with Crippen molar-refractivity contribution in [3.8, 4) is 0 Å². The maximum atomic E-state index is 14.0. The van der Waals surface area contributed by atoms with Crippen LogP contribution in [0.1, 0.15) is 41.0 Å². The highest BCUT2D eigenvalue weighted by Gasteiger charge is 2.69. The molecule has 6 nitrogen and oxygen atoms in total. The summed E-state index contributed by atoms with van der Waals surface area (Å²) in [6, 6.07) is 20.3.